The highest BCUT2D eigenvalue weighted by molar-refractivity contribution is 5.13. The van der Waals surface area contributed by atoms with Crippen molar-refractivity contribution in [1.82, 2.24) is 25.1 Å². The van der Waals surface area contributed by atoms with Gasteiger partial charge in [-0.3, -0.25) is 0 Å². The van der Waals surface area contributed by atoms with E-state index in [1.54, 1.807) is 23.1 Å². The Labute approximate surface area is 94.5 Å². The molecule has 5 heteroatoms. The predicted molar refractivity (Wildman–Crippen MR) is 61.1 cm³/mol. The Morgan fingerprint density at radius 3 is 2.75 bits per heavy atom. The van der Waals surface area contributed by atoms with Crippen molar-refractivity contribution >= 4 is 0 Å². The van der Waals surface area contributed by atoms with Crippen LogP contribution in [0.1, 0.15) is 19.4 Å². The minimum Gasteiger partial charge on any atom is -0.310 e. The van der Waals surface area contributed by atoms with Gasteiger partial charge in [-0.2, -0.15) is 5.10 Å². The van der Waals surface area contributed by atoms with Gasteiger partial charge in [0, 0.05) is 36.7 Å². The van der Waals surface area contributed by atoms with Crippen LogP contribution in [0.5, 0.6) is 0 Å². The summed E-state index contributed by atoms with van der Waals surface area (Å²) < 4.78 is 1.68. The number of nitrogens with zero attached hydrogens (tertiary/aromatic N) is 4. The van der Waals surface area contributed by atoms with Crippen LogP contribution in [0.25, 0.3) is 5.95 Å². The second-order valence-electron chi connectivity index (χ2n) is 3.88. The molecule has 16 heavy (non-hydrogen) atoms. The predicted octanol–water partition coefficient (Wildman–Crippen LogP) is 1.16. The highest BCUT2D eigenvalue weighted by Gasteiger charge is 2.02. The van der Waals surface area contributed by atoms with Crippen LogP contribution in [0.3, 0.4) is 0 Å². The van der Waals surface area contributed by atoms with Gasteiger partial charge in [0.1, 0.15) is 0 Å². The monoisotopic (exact) mass is 217 g/mol. The Balaban J connectivity index is 2.08. The lowest BCUT2D eigenvalue weighted by atomic mass is 10.3. The van der Waals surface area contributed by atoms with E-state index < -0.39 is 0 Å². The molecule has 0 spiro atoms. The summed E-state index contributed by atoms with van der Waals surface area (Å²) in [5.74, 6) is 0.596. The molecule has 5 nitrogen and oxygen atoms in total. The summed E-state index contributed by atoms with van der Waals surface area (Å²) in [5.41, 5.74) is 1.13. The molecule has 0 aliphatic rings. The fourth-order valence-corrected chi connectivity index (χ4v) is 1.29. The minimum absolute atomic E-state index is 0.469. The lowest BCUT2D eigenvalue weighted by Crippen LogP contribution is -2.21. The largest absolute Gasteiger partial charge is 0.310 e. The Morgan fingerprint density at radius 1 is 1.31 bits per heavy atom. The number of aromatic nitrogens is 4. The molecule has 0 unspecified atom stereocenters. The van der Waals surface area contributed by atoms with Crippen LogP contribution >= 0.6 is 0 Å². The zero-order valence-electron chi connectivity index (χ0n) is 9.46. The molecule has 2 heterocycles. The highest BCUT2D eigenvalue weighted by atomic mass is 15.3. The molecule has 2 rings (SSSR count). The van der Waals surface area contributed by atoms with E-state index in [1.807, 2.05) is 12.4 Å². The van der Waals surface area contributed by atoms with Crippen molar-refractivity contribution in [3.63, 3.8) is 0 Å². The number of rotatable bonds is 4. The van der Waals surface area contributed by atoms with Crippen LogP contribution in [0.15, 0.2) is 30.9 Å². The molecule has 2 aromatic heterocycles. The maximum absolute atomic E-state index is 4.22. The van der Waals surface area contributed by atoms with Gasteiger partial charge in [0.2, 0.25) is 5.95 Å². The summed E-state index contributed by atoms with van der Waals surface area (Å²) in [5, 5.41) is 7.55. The number of hydrogen-bond acceptors (Lipinski definition) is 4. The van der Waals surface area contributed by atoms with Gasteiger partial charge in [-0.25, -0.2) is 14.6 Å². The fourth-order valence-electron chi connectivity index (χ4n) is 1.29. The first-order chi connectivity index (χ1) is 7.75. The van der Waals surface area contributed by atoms with Gasteiger partial charge in [-0.05, 0) is 6.07 Å². The lowest BCUT2D eigenvalue weighted by Gasteiger charge is -2.04. The summed E-state index contributed by atoms with van der Waals surface area (Å²) in [6, 6.07) is 2.25. The maximum atomic E-state index is 4.22. The molecule has 0 saturated carbocycles. The summed E-state index contributed by atoms with van der Waals surface area (Å²) in [4.78, 5) is 8.25. The zero-order valence-corrected chi connectivity index (χ0v) is 9.46. The summed E-state index contributed by atoms with van der Waals surface area (Å²) in [6.45, 7) is 5.04. The van der Waals surface area contributed by atoms with E-state index in [9.17, 15) is 0 Å². The van der Waals surface area contributed by atoms with Crippen molar-refractivity contribution in [3.05, 3.63) is 36.4 Å². The molecule has 0 fully saturated rings. The third-order valence-electron chi connectivity index (χ3n) is 2.11. The molecule has 2 aromatic rings. The van der Waals surface area contributed by atoms with Gasteiger partial charge in [0.15, 0.2) is 0 Å². The topological polar surface area (TPSA) is 55.6 Å². The van der Waals surface area contributed by atoms with E-state index in [-0.39, 0.29) is 0 Å². The van der Waals surface area contributed by atoms with Crippen LogP contribution in [-0.4, -0.2) is 25.8 Å². The Hall–Kier alpha value is -1.75. The molecule has 84 valence electrons. The first-order valence-electron chi connectivity index (χ1n) is 5.30. The average Bonchev–Trinajstić information content (AvgIpc) is 2.76. The molecular weight excluding hydrogens is 202 g/mol. The molecule has 0 amide bonds. The Bertz CT molecular complexity index is 435. The molecule has 0 saturated heterocycles. The molecule has 1 N–H and O–H groups in total. The highest BCUT2D eigenvalue weighted by Crippen LogP contribution is 2.02. The van der Waals surface area contributed by atoms with Crippen molar-refractivity contribution in [3.8, 4) is 5.95 Å². The second kappa shape index (κ2) is 4.85. The van der Waals surface area contributed by atoms with Gasteiger partial charge in [0.25, 0.3) is 0 Å². The first kappa shape index (κ1) is 10.8. The fraction of sp³-hybridized carbons (Fsp3) is 0.364. The lowest BCUT2D eigenvalue weighted by molar-refractivity contribution is 0.589. The van der Waals surface area contributed by atoms with E-state index in [2.05, 4.69) is 34.2 Å². The maximum Gasteiger partial charge on any atom is 0.250 e. The van der Waals surface area contributed by atoms with Crippen molar-refractivity contribution in [2.24, 2.45) is 0 Å². The van der Waals surface area contributed by atoms with Crippen LogP contribution in [0.4, 0.5) is 0 Å². The summed E-state index contributed by atoms with van der Waals surface area (Å²) in [6.07, 6.45) is 7.17. The Morgan fingerprint density at radius 2 is 2.06 bits per heavy atom. The summed E-state index contributed by atoms with van der Waals surface area (Å²) >= 11 is 0. The van der Waals surface area contributed by atoms with Gasteiger partial charge in [-0.15, -0.1) is 0 Å². The van der Waals surface area contributed by atoms with E-state index in [0.717, 1.165) is 12.1 Å². The van der Waals surface area contributed by atoms with E-state index in [1.165, 1.54) is 0 Å². The first-order valence-corrected chi connectivity index (χ1v) is 5.30. The molecule has 0 aromatic carbocycles. The quantitative estimate of drug-likeness (QED) is 0.835. The van der Waals surface area contributed by atoms with Crippen molar-refractivity contribution in [1.29, 1.82) is 0 Å². The number of nitrogens with one attached hydrogen (secondary N) is 1. The van der Waals surface area contributed by atoms with Gasteiger partial charge >= 0.3 is 0 Å². The van der Waals surface area contributed by atoms with Crippen LogP contribution in [0, 0.1) is 0 Å². The zero-order chi connectivity index (χ0) is 11.4. The average molecular weight is 217 g/mol. The molecule has 0 aliphatic carbocycles. The van der Waals surface area contributed by atoms with Crippen LogP contribution in [-0.2, 0) is 6.54 Å². The summed E-state index contributed by atoms with van der Waals surface area (Å²) in [7, 11) is 0. The third-order valence-corrected chi connectivity index (χ3v) is 2.11. The Kier molecular flexibility index (Phi) is 3.26. The van der Waals surface area contributed by atoms with Crippen molar-refractivity contribution in [2.45, 2.75) is 26.4 Å². The van der Waals surface area contributed by atoms with Crippen molar-refractivity contribution in [2.75, 3.05) is 0 Å². The van der Waals surface area contributed by atoms with Crippen LogP contribution < -0.4 is 5.32 Å². The van der Waals surface area contributed by atoms with E-state index in [4.69, 9.17) is 0 Å². The molecule has 0 atom stereocenters. The van der Waals surface area contributed by atoms with Crippen molar-refractivity contribution < 1.29 is 0 Å². The van der Waals surface area contributed by atoms with E-state index in [0.29, 0.717) is 12.0 Å². The number of hydrogen-bond donors (Lipinski definition) is 1. The van der Waals surface area contributed by atoms with Gasteiger partial charge in [0.05, 0.1) is 6.20 Å². The second-order valence-corrected chi connectivity index (χ2v) is 3.88. The van der Waals surface area contributed by atoms with Crippen LogP contribution in [0.2, 0.25) is 0 Å². The molecule has 0 aliphatic heterocycles. The van der Waals surface area contributed by atoms with E-state index >= 15 is 0 Å². The van der Waals surface area contributed by atoms with Gasteiger partial charge in [-0.1, -0.05) is 13.8 Å². The normalized spacial score (nSPS) is 10.9. The smallest absolute Gasteiger partial charge is 0.250 e. The standard InChI is InChI=1S/C11H15N5/c1-9(2)14-6-10-7-15-16(8-10)11-12-4-3-5-13-11/h3-5,7-9,14H,6H2,1-2H3. The molecule has 0 bridgehead atoms. The SMILES string of the molecule is CC(C)NCc1cnn(-c2ncccn2)c1. The molecule has 0 radical (unpaired) electrons. The third kappa shape index (κ3) is 2.64. The van der Waals surface area contributed by atoms with Gasteiger partial charge < -0.3 is 5.32 Å². The minimum atomic E-state index is 0.469. The molecular formula is C11H15N5.